The Hall–Kier alpha value is -0.340. The maximum absolute atomic E-state index is 3.51. The van der Waals surface area contributed by atoms with Gasteiger partial charge in [-0.1, -0.05) is 22.0 Å². The number of benzene rings is 1. The fourth-order valence-electron chi connectivity index (χ4n) is 1.28. The molecule has 0 aliphatic heterocycles. The van der Waals surface area contributed by atoms with Crippen LogP contribution in [0.3, 0.4) is 0 Å². The van der Waals surface area contributed by atoms with Gasteiger partial charge in [0.2, 0.25) is 0 Å². The molecule has 0 saturated carbocycles. The molecule has 0 bridgehead atoms. The molecule has 0 saturated heterocycles. The number of halogens is 1. The third-order valence-corrected chi connectivity index (χ3v) is 2.38. The molecule has 2 heteroatoms. The zero-order valence-corrected chi connectivity index (χ0v) is 10.9. The van der Waals surface area contributed by atoms with Crippen molar-refractivity contribution in [2.75, 3.05) is 0 Å². The molecule has 0 aliphatic rings. The predicted molar refractivity (Wildman–Crippen MR) is 65.5 cm³/mol. The zero-order chi connectivity index (χ0) is 10.8. The Morgan fingerprint density at radius 3 is 2.36 bits per heavy atom. The highest BCUT2D eigenvalue weighted by molar-refractivity contribution is 9.10. The lowest BCUT2D eigenvalue weighted by molar-refractivity contribution is 0.424. The predicted octanol–water partition coefficient (Wildman–Crippen LogP) is 3.65. The lowest BCUT2D eigenvalue weighted by atomic mass is 10.1. The van der Waals surface area contributed by atoms with Gasteiger partial charge in [0, 0.05) is 16.6 Å². The fraction of sp³-hybridized carbons (Fsp3) is 0.500. The fourth-order valence-corrected chi connectivity index (χ4v) is 1.94. The number of hydrogen-bond acceptors (Lipinski definition) is 1. The minimum Gasteiger partial charge on any atom is -0.308 e. The first-order valence-electron chi connectivity index (χ1n) is 4.88. The summed E-state index contributed by atoms with van der Waals surface area (Å²) in [6, 6.07) is 6.50. The maximum atomic E-state index is 3.51. The molecule has 1 aromatic rings. The van der Waals surface area contributed by atoms with Gasteiger partial charge in [0.25, 0.3) is 0 Å². The van der Waals surface area contributed by atoms with Gasteiger partial charge in [-0.3, -0.25) is 0 Å². The molecule has 1 rings (SSSR count). The lowest BCUT2D eigenvalue weighted by Crippen LogP contribution is -2.35. The molecule has 0 unspecified atom stereocenters. The van der Waals surface area contributed by atoms with E-state index in [1.54, 1.807) is 0 Å². The van der Waals surface area contributed by atoms with Gasteiger partial charge in [0.05, 0.1) is 0 Å². The van der Waals surface area contributed by atoms with Crippen molar-refractivity contribution in [3.63, 3.8) is 0 Å². The van der Waals surface area contributed by atoms with Crippen LogP contribution in [0.1, 0.15) is 31.9 Å². The molecule has 0 aliphatic carbocycles. The summed E-state index contributed by atoms with van der Waals surface area (Å²) in [5.41, 5.74) is 2.80. The second-order valence-electron chi connectivity index (χ2n) is 4.74. The standard InChI is InChI=1S/C12H18BrN/c1-9-5-10(7-11(13)6-9)8-14-12(2,3)4/h5-7,14H,8H2,1-4H3. The summed E-state index contributed by atoms with van der Waals surface area (Å²) in [6.07, 6.45) is 0. The SMILES string of the molecule is Cc1cc(Br)cc(CNC(C)(C)C)c1. The summed E-state index contributed by atoms with van der Waals surface area (Å²) < 4.78 is 1.16. The van der Waals surface area contributed by atoms with E-state index in [1.165, 1.54) is 11.1 Å². The van der Waals surface area contributed by atoms with Gasteiger partial charge >= 0.3 is 0 Å². The number of nitrogens with one attached hydrogen (secondary N) is 1. The normalized spacial score (nSPS) is 11.8. The smallest absolute Gasteiger partial charge is 0.0210 e. The number of rotatable bonds is 2. The molecule has 14 heavy (non-hydrogen) atoms. The van der Waals surface area contributed by atoms with E-state index < -0.39 is 0 Å². The molecule has 0 spiro atoms. The highest BCUT2D eigenvalue weighted by atomic mass is 79.9. The average molecular weight is 256 g/mol. The van der Waals surface area contributed by atoms with Gasteiger partial charge in [-0.05, 0) is 51.0 Å². The minimum atomic E-state index is 0.177. The second kappa shape index (κ2) is 4.45. The lowest BCUT2D eigenvalue weighted by Gasteiger charge is -2.20. The highest BCUT2D eigenvalue weighted by Crippen LogP contribution is 2.15. The molecule has 0 amide bonds. The Balaban J connectivity index is 2.68. The molecular weight excluding hydrogens is 238 g/mol. The Labute approximate surface area is 95.0 Å². The van der Waals surface area contributed by atoms with Crippen molar-refractivity contribution < 1.29 is 0 Å². The van der Waals surface area contributed by atoms with Crippen LogP contribution in [0.2, 0.25) is 0 Å². The van der Waals surface area contributed by atoms with E-state index in [4.69, 9.17) is 0 Å². The molecule has 1 nitrogen and oxygen atoms in total. The molecule has 0 atom stereocenters. The van der Waals surface area contributed by atoms with E-state index in [0.717, 1.165) is 11.0 Å². The largest absolute Gasteiger partial charge is 0.308 e. The summed E-state index contributed by atoms with van der Waals surface area (Å²) in [5, 5.41) is 3.47. The Bertz CT molecular complexity index is 292. The number of aryl methyl sites for hydroxylation is 1. The zero-order valence-electron chi connectivity index (χ0n) is 9.32. The molecule has 78 valence electrons. The van der Waals surface area contributed by atoms with Crippen molar-refractivity contribution in [3.05, 3.63) is 33.8 Å². The van der Waals surface area contributed by atoms with E-state index in [0.29, 0.717) is 0 Å². The molecule has 0 radical (unpaired) electrons. The van der Waals surface area contributed by atoms with Gasteiger partial charge < -0.3 is 5.32 Å². The summed E-state index contributed by atoms with van der Waals surface area (Å²) in [6.45, 7) is 9.57. The first-order valence-corrected chi connectivity index (χ1v) is 5.67. The minimum absolute atomic E-state index is 0.177. The average Bonchev–Trinajstić information content (AvgIpc) is 1.97. The summed E-state index contributed by atoms with van der Waals surface area (Å²) in [7, 11) is 0. The molecule has 0 heterocycles. The monoisotopic (exact) mass is 255 g/mol. The van der Waals surface area contributed by atoms with Gasteiger partial charge in [-0.25, -0.2) is 0 Å². The number of hydrogen-bond donors (Lipinski definition) is 1. The van der Waals surface area contributed by atoms with Crippen LogP contribution >= 0.6 is 15.9 Å². The van der Waals surface area contributed by atoms with E-state index in [2.05, 4.69) is 67.1 Å². The molecule has 1 aromatic carbocycles. The molecule has 0 fully saturated rings. The van der Waals surface area contributed by atoms with Crippen LogP contribution in [0.4, 0.5) is 0 Å². The third kappa shape index (κ3) is 4.25. The van der Waals surface area contributed by atoms with Gasteiger partial charge in [0.15, 0.2) is 0 Å². The molecule has 0 aromatic heterocycles. The van der Waals surface area contributed by atoms with Crippen LogP contribution in [0, 0.1) is 6.92 Å². The van der Waals surface area contributed by atoms with Crippen molar-refractivity contribution in [3.8, 4) is 0 Å². The van der Waals surface area contributed by atoms with Crippen molar-refractivity contribution in [2.45, 2.75) is 39.8 Å². The first-order chi connectivity index (χ1) is 6.37. The van der Waals surface area contributed by atoms with Crippen LogP contribution in [0.5, 0.6) is 0 Å². The van der Waals surface area contributed by atoms with Crippen molar-refractivity contribution >= 4 is 15.9 Å². The van der Waals surface area contributed by atoms with Crippen LogP contribution in [-0.4, -0.2) is 5.54 Å². The Morgan fingerprint density at radius 1 is 1.21 bits per heavy atom. The quantitative estimate of drug-likeness (QED) is 0.851. The third-order valence-electron chi connectivity index (χ3n) is 1.92. The van der Waals surface area contributed by atoms with Crippen molar-refractivity contribution in [2.24, 2.45) is 0 Å². The van der Waals surface area contributed by atoms with E-state index in [9.17, 15) is 0 Å². The van der Waals surface area contributed by atoms with Gasteiger partial charge in [-0.2, -0.15) is 0 Å². The summed E-state index contributed by atoms with van der Waals surface area (Å²) in [4.78, 5) is 0. The van der Waals surface area contributed by atoms with Crippen molar-refractivity contribution in [1.29, 1.82) is 0 Å². The summed E-state index contributed by atoms with van der Waals surface area (Å²) in [5.74, 6) is 0. The van der Waals surface area contributed by atoms with Crippen LogP contribution in [0.25, 0.3) is 0 Å². The summed E-state index contributed by atoms with van der Waals surface area (Å²) >= 11 is 3.51. The van der Waals surface area contributed by atoms with Crippen molar-refractivity contribution in [1.82, 2.24) is 5.32 Å². The first kappa shape index (κ1) is 11.7. The van der Waals surface area contributed by atoms with E-state index in [1.807, 2.05) is 0 Å². The Morgan fingerprint density at radius 2 is 1.86 bits per heavy atom. The van der Waals surface area contributed by atoms with Gasteiger partial charge in [-0.15, -0.1) is 0 Å². The van der Waals surface area contributed by atoms with Crippen LogP contribution < -0.4 is 5.32 Å². The molecule has 1 N–H and O–H groups in total. The molecular formula is C12H18BrN. The van der Waals surface area contributed by atoms with Crippen LogP contribution in [0.15, 0.2) is 22.7 Å². The van der Waals surface area contributed by atoms with E-state index in [-0.39, 0.29) is 5.54 Å². The topological polar surface area (TPSA) is 12.0 Å². The highest BCUT2D eigenvalue weighted by Gasteiger charge is 2.08. The van der Waals surface area contributed by atoms with Crippen LogP contribution in [-0.2, 0) is 6.54 Å². The van der Waals surface area contributed by atoms with E-state index >= 15 is 0 Å². The maximum Gasteiger partial charge on any atom is 0.0210 e. The second-order valence-corrected chi connectivity index (χ2v) is 5.66. The Kier molecular flexibility index (Phi) is 3.73. The van der Waals surface area contributed by atoms with Gasteiger partial charge in [0.1, 0.15) is 0 Å².